The molecule has 0 spiro atoms. The molecule has 0 unspecified atom stereocenters. The Bertz CT molecular complexity index is 372. The number of ether oxygens (including phenoxy) is 1. The lowest BCUT2D eigenvalue weighted by atomic mass is 10.3. The fraction of sp³-hybridized carbons (Fsp3) is 0.300. The molecular weight excluding hydrogens is 240 g/mol. The fourth-order valence-corrected chi connectivity index (χ4v) is 1.06. The molecule has 3 nitrogen and oxygen atoms in total. The first-order chi connectivity index (χ1) is 7.50. The van der Waals surface area contributed by atoms with E-state index in [0.29, 0.717) is 0 Å². The van der Waals surface area contributed by atoms with Crippen LogP contribution >= 0.6 is 11.6 Å². The van der Waals surface area contributed by atoms with Crippen LogP contribution in [0.4, 0.5) is 14.5 Å². The lowest BCUT2D eigenvalue weighted by Crippen LogP contribution is -2.21. The van der Waals surface area contributed by atoms with Crippen molar-refractivity contribution in [3.8, 4) is 5.75 Å². The van der Waals surface area contributed by atoms with E-state index < -0.39 is 17.9 Å². The minimum atomic E-state index is -2.94. The van der Waals surface area contributed by atoms with Gasteiger partial charge in [-0.3, -0.25) is 4.79 Å². The van der Waals surface area contributed by atoms with Gasteiger partial charge in [0, 0.05) is 0 Å². The van der Waals surface area contributed by atoms with E-state index in [2.05, 4.69) is 10.1 Å². The van der Waals surface area contributed by atoms with Crippen LogP contribution in [0.2, 0.25) is 0 Å². The summed E-state index contributed by atoms with van der Waals surface area (Å²) in [6.45, 7) is -1.46. The van der Waals surface area contributed by atoms with Crippen molar-refractivity contribution in [2.75, 3.05) is 5.32 Å². The van der Waals surface area contributed by atoms with E-state index >= 15 is 0 Å². The number of benzene rings is 1. The highest BCUT2D eigenvalue weighted by atomic mass is 35.5. The monoisotopic (exact) mass is 249 g/mol. The SMILES string of the molecule is C[C@H](Cl)C(=O)Nc1ccccc1OC(F)F. The molecule has 0 saturated carbocycles. The Hall–Kier alpha value is -1.36. The highest BCUT2D eigenvalue weighted by molar-refractivity contribution is 6.32. The van der Waals surface area contributed by atoms with Gasteiger partial charge in [-0.1, -0.05) is 12.1 Å². The summed E-state index contributed by atoms with van der Waals surface area (Å²) in [5.41, 5.74) is 0.167. The molecule has 0 saturated heterocycles. The molecular formula is C10H10ClF2NO2. The van der Waals surface area contributed by atoms with Crippen LogP contribution < -0.4 is 10.1 Å². The molecule has 0 aromatic heterocycles. The molecule has 1 atom stereocenters. The van der Waals surface area contributed by atoms with Gasteiger partial charge in [0.2, 0.25) is 5.91 Å². The van der Waals surface area contributed by atoms with Gasteiger partial charge in [0.15, 0.2) is 0 Å². The van der Waals surface area contributed by atoms with Gasteiger partial charge in [0.05, 0.1) is 5.69 Å². The van der Waals surface area contributed by atoms with Crippen LogP contribution in [0.1, 0.15) is 6.92 Å². The maximum atomic E-state index is 12.0. The van der Waals surface area contributed by atoms with E-state index in [9.17, 15) is 13.6 Å². The number of hydrogen-bond acceptors (Lipinski definition) is 2. The standard InChI is InChI=1S/C10H10ClF2NO2/c1-6(11)9(15)14-7-4-2-3-5-8(7)16-10(12)13/h2-6,10H,1H3,(H,14,15)/t6-/m0/s1. The zero-order chi connectivity index (χ0) is 12.1. The fourth-order valence-electron chi connectivity index (χ4n) is 1.00. The summed E-state index contributed by atoms with van der Waals surface area (Å²) >= 11 is 5.54. The van der Waals surface area contributed by atoms with Crippen molar-refractivity contribution >= 4 is 23.2 Å². The quantitative estimate of drug-likeness (QED) is 0.834. The summed E-state index contributed by atoms with van der Waals surface area (Å²) in [5, 5.41) is 1.64. The zero-order valence-corrected chi connectivity index (χ0v) is 9.17. The second kappa shape index (κ2) is 5.65. The first kappa shape index (κ1) is 12.7. The van der Waals surface area contributed by atoms with Crippen molar-refractivity contribution in [2.45, 2.75) is 18.9 Å². The minimum absolute atomic E-state index is 0.0943. The van der Waals surface area contributed by atoms with E-state index in [0.717, 1.165) is 0 Å². The van der Waals surface area contributed by atoms with Gasteiger partial charge < -0.3 is 10.1 Å². The average molecular weight is 250 g/mol. The second-order valence-corrected chi connectivity index (χ2v) is 3.63. The number of hydrogen-bond donors (Lipinski definition) is 1. The molecule has 0 bridgehead atoms. The Morgan fingerprint density at radius 2 is 2.06 bits per heavy atom. The summed E-state index contributed by atoms with van der Waals surface area (Å²) in [7, 11) is 0. The number of nitrogens with one attached hydrogen (secondary N) is 1. The topological polar surface area (TPSA) is 38.3 Å². The van der Waals surface area contributed by atoms with Crippen molar-refractivity contribution in [1.29, 1.82) is 0 Å². The Morgan fingerprint density at radius 3 is 2.62 bits per heavy atom. The van der Waals surface area contributed by atoms with E-state index in [1.165, 1.54) is 25.1 Å². The molecule has 16 heavy (non-hydrogen) atoms. The molecule has 0 aliphatic heterocycles. The van der Waals surface area contributed by atoms with Crippen molar-refractivity contribution in [2.24, 2.45) is 0 Å². The average Bonchev–Trinajstić information content (AvgIpc) is 2.20. The summed E-state index contributed by atoms with van der Waals surface area (Å²) in [4.78, 5) is 11.3. The third-order valence-corrected chi connectivity index (χ3v) is 1.92. The normalized spacial score (nSPS) is 12.3. The summed E-state index contributed by atoms with van der Waals surface area (Å²) in [5.74, 6) is -0.574. The number of alkyl halides is 3. The van der Waals surface area contributed by atoms with Gasteiger partial charge in [-0.2, -0.15) is 8.78 Å². The Labute approximate surface area is 96.4 Å². The molecule has 1 N–H and O–H groups in total. The summed E-state index contributed by atoms with van der Waals surface area (Å²) in [6, 6.07) is 5.90. The number of carbonyl (C=O) groups is 1. The highest BCUT2D eigenvalue weighted by Gasteiger charge is 2.14. The summed E-state index contributed by atoms with van der Waals surface area (Å²) in [6.07, 6.45) is 0. The number of halogens is 3. The molecule has 0 aliphatic carbocycles. The van der Waals surface area contributed by atoms with Gasteiger partial charge in [-0.25, -0.2) is 0 Å². The van der Waals surface area contributed by atoms with Crippen molar-refractivity contribution in [3.05, 3.63) is 24.3 Å². The Kier molecular flexibility index (Phi) is 4.49. The zero-order valence-electron chi connectivity index (χ0n) is 8.41. The highest BCUT2D eigenvalue weighted by Crippen LogP contribution is 2.25. The van der Waals surface area contributed by atoms with Crippen molar-refractivity contribution < 1.29 is 18.3 Å². The predicted molar refractivity (Wildman–Crippen MR) is 57.0 cm³/mol. The molecule has 0 radical (unpaired) electrons. The van der Waals surface area contributed by atoms with Crippen molar-refractivity contribution in [3.63, 3.8) is 0 Å². The maximum absolute atomic E-state index is 12.0. The van der Waals surface area contributed by atoms with E-state index in [1.807, 2.05) is 0 Å². The first-order valence-electron chi connectivity index (χ1n) is 4.49. The maximum Gasteiger partial charge on any atom is 0.387 e. The summed E-state index contributed by atoms with van der Waals surface area (Å²) < 4.78 is 28.3. The molecule has 0 aliphatic rings. The van der Waals surface area contributed by atoms with Crippen LogP contribution in [0.3, 0.4) is 0 Å². The molecule has 6 heteroatoms. The van der Waals surface area contributed by atoms with Crippen LogP contribution in [-0.2, 0) is 4.79 Å². The third kappa shape index (κ3) is 3.66. The number of anilines is 1. The van der Waals surface area contributed by atoms with E-state index in [-0.39, 0.29) is 11.4 Å². The molecule has 1 aromatic rings. The van der Waals surface area contributed by atoms with Crippen LogP contribution in [0.25, 0.3) is 0 Å². The van der Waals surface area contributed by atoms with E-state index in [1.54, 1.807) is 6.07 Å². The van der Waals surface area contributed by atoms with Crippen LogP contribution in [0, 0.1) is 0 Å². The van der Waals surface area contributed by atoms with Crippen molar-refractivity contribution in [1.82, 2.24) is 0 Å². The lowest BCUT2D eigenvalue weighted by Gasteiger charge is -2.12. The largest absolute Gasteiger partial charge is 0.433 e. The number of amides is 1. The van der Waals surface area contributed by atoms with Crippen LogP contribution in [0.5, 0.6) is 5.75 Å². The van der Waals surface area contributed by atoms with Crippen LogP contribution in [0.15, 0.2) is 24.3 Å². The number of para-hydroxylation sites is 2. The van der Waals surface area contributed by atoms with Gasteiger partial charge >= 0.3 is 6.61 Å². The van der Waals surface area contributed by atoms with Gasteiger partial charge in [0.25, 0.3) is 0 Å². The minimum Gasteiger partial charge on any atom is -0.433 e. The molecule has 88 valence electrons. The molecule has 1 aromatic carbocycles. The van der Waals surface area contributed by atoms with Gasteiger partial charge in [-0.15, -0.1) is 11.6 Å². The first-order valence-corrected chi connectivity index (χ1v) is 4.93. The Balaban J connectivity index is 2.82. The van der Waals surface area contributed by atoms with Gasteiger partial charge in [0.1, 0.15) is 11.1 Å². The Morgan fingerprint density at radius 1 is 1.44 bits per heavy atom. The van der Waals surface area contributed by atoms with Crippen LogP contribution in [-0.4, -0.2) is 17.9 Å². The third-order valence-electron chi connectivity index (χ3n) is 1.72. The second-order valence-electron chi connectivity index (χ2n) is 2.98. The predicted octanol–water partition coefficient (Wildman–Crippen LogP) is 2.85. The molecule has 1 rings (SSSR count). The molecule has 0 heterocycles. The van der Waals surface area contributed by atoms with Gasteiger partial charge in [-0.05, 0) is 19.1 Å². The lowest BCUT2D eigenvalue weighted by molar-refractivity contribution is -0.115. The smallest absolute Gasteiger partial charge is 0.387 e. The number of rotatable bonds is 4. The van der Waals surface area contributed by atoms with E-state index in [4.69, 9.17) is 11.6 Å². The molecule has 1 amide bonds. The number of carbonyl (C=O) groups excluding carboxylic acids is 1. The molecule has 0 fully saturated rings.